The van der Waals surface area contributed by atoms with Crippen molar-refractivity contribution in [2.45, 2.75) is 6.92 Å². The standard InChI is InChI=1S/C23H19FN4O2/c1-15(26-20-5-3-4-14-25-20)21-22(16-6-12-19(30-2)13-7-16)27-28(23(21)29)18-10-8-17(24)9-11-18/h3-14,27H,1-2H3. The highest BCUT2D eigenvalue weighted by Crippen LogP contribution is 2.25. The van der Waals surface area contributed by atoms with Crippen molar-refractivity contribution in [3.05, 3.63) is 94.7 Å². The fourth-order valence-electron chi connectivity index (χ4n) is 3.16. The first-order valence-corrected chi connectivity index (χ1v) is 9.29. The van der Waals surface area contributed by atoms with Gasteiger partial charge in [0.2, 0.25) is 0 Å². The number of H-pyrrole nitrogens is 1. The van der Waals surface area contributed by atoms with Crippen molar-refractivity contribution in [1.29, 1.82) is 0 Å². The van der Waals surface area contributed by atoms with E-state index in [0.29, 0.717) is 34.2 Å². The molecule has 0 aliphatic heterocycles. The van der Waals surface area contributed by atoms with Crippen molar-refractivity contribution >= 4 is 11.5 Å². The van der Waals surface area contributed by atoms with Crippen molar-refractivity contribution in [3.63, 3.8) is 0 Å². The molecule has 0 saturated carbocycles. The zero-order chi connectivity index (χ0) is 21.1. The van der Waals surface area contributed by atoms with E-state index in [9.17, 15) is 9.18 Å². The van der Waals surface area contributed by atoms with E-state index in [1.807, 2.05) is 30.3 Å². The lowest BCUT2D eigenvalue weighted by Crippen LogP contribution is -2.19. The monoisotopic (exact) mass is 402 g/mol. The summed E-state index contributed by atoms with van der Waals surface area (Å²) in [6.45, 7) is 1.77. The van der Waals surface area contributed by atoms with Crippen LogP contribution in [-0.4, -0.2) is 27.6 Å². The van der Waals surface area contributed by atoms with E-state index in [1.165, 1.54) is 16.8 Å². The first-order valence-electron chi connectivity index (χ1n) is 9.29. The quantitative estimate of drug-likeness (QED) is 0.499. The number of ether oxygens (including phenoxy) is 1. The van der Waals surface area contributed by atoms with Gasteiger partial charge in [-0.1, -0.05) is 6.07 Å². The molecule has 2 aromatic carbocycles. The van der Waals surface area contributed by atoms with Crippen molar-refractivity contribution in [3.8, 4) is 22.7 Å². The summed E-state index contributed by atoms with van der Waals surface area (Å²) in [5.41, 5.74) is 2.55. The predicted molar refractivity (Wildman–Crippen MR) is 114 cm³/mol. The number of hydrogen-bond acceptors (Lipinski definition) is 4. The van der Waals surface area contributed by atoms with E-state index in [2.05, 4.69) is 15.1 Å². The molecular weight excluding hydrogens is 383 g/mol. The lowest BCUT2D eigenvalue weighted by atomic mass is 10.1. The minimum Gasteiger partial charge on any atom is -0.497 e. The van der Waals surface area contributed by atoms with Gasteiger partial charge < -0.3 is 4.74 Å². The number of methoxy groups -OCH3 is 1. The first-order chi connectivity index (χ1) is 14.6. The SMILES string of the molecule is COc1ccc(-c2[nH]n(-c3ccc(F)cc3)c(=O)c2C(C)=Nc2ccccn2)cc1. The highest BCUT2D eigenvalue weighted by atomic mass is 19.1. The summed E-state index contributed by atoms with van der Waals surface area (Å²) in [6, 6.07) is 18.5. The van der Waals surface area contributed by atoms with E-state index in [4.69, 9.17) is 4.74 Å². The van der Waals surface area contributed by atoms with Crippen LogP contribution >= 0.6 is 0 Å². The number of pyridine rings is 1. The van der Waals surface area contributed by atoms with Gasteiger partial charge in [0.1, 0.15) is 11.6 Å². The maximum absolute atomic E-state index is 13.4. The van der Waals surface area contributed by atoms with Crippen LogP contribution in [0.2, 0.25) is 0 Å². The number of nitrogens with zero attached hydrogens (tertiary/aromatic N) is 3. The second-order valence-electron chi connectivity index (χ2n) is 6.59. The average molecular weight is 402 g/mol. The number of benzene rings is 2. The van der Waals surface area contributed by atoms with Crippen molar-refractivity contribution in [1.82, 2.24) is 14.8 Å². The molecule has 2 aromatic heterocycles. The Morgan fingerprint density at radius 3 is 2.43 bits per heavy atom. The van der Waals surface area contributed by atoms with Gasteiger partial charge in [-0.05, 0) is 67.6 Å². The molecule has 0 bridgehead atoms. The second-order valence-corrected chi connectivity index (χ2v) is 6.59. The summed E-state index contributed by atoms with van der Waals surface area (Å²) < 4.78 is 20.0. The van der Waals surface area contributed by atoms with Crippen LogP contribution in [0.3, 0.4) is 0 Å². The molecule has 0 atom stereocenters. The fraction of sp³-hybridized carbons (Fsp3) is 0.0870. The predicted octanol–water partition coefficient (Wildman–Crippen LogP) is 4.52. The van der Waals surface area contributed by atoms with Gasteiger partial charge >= 0.3 is 0 Å². The van der Waals surface area contributed by atoms with Crippen LogP contribution in [0.5, 0.6) is 5.75 Å². The molecule has 4 rings (SSSR count). The Kier molecular flexibility index (Phi) is 5.26. The number of aromatic amines is 1. The molecule has 0 aliphatic carbocycles. The highest BCUT2D eigenvalue weighted by molar-refractivity contribution is 6.04. The molecule has 0 unspecified atom stereocenters. The molecule has 1 N–H and O–H groups in total. The van der Waals surface area contributed by atoms with E-state index in [-0.39, 0.29) is 11.4 Å². The average Bonchev–Trinajstić information content (AvgIpc) is 3.12. The topological polar surface area (TPSA) is 72.3 Å². The molecule has 0 saturated heterocycles. The fourth-order valence-corrected chi connectivity index (χ4v) is 3.16. The minimum atomic E-state index is -0.373. The Bertz CT molecular complexity index is 1240. The smallest absolute Gasteiger partial charge is 0.280 e. The Labute approximate surface area is 172 Å². The molecule has 6 nitrogen and oxygen atoms in total. The first kappa shape index (κ1) is 19.3. The van der Waals surface area contributed by atoms with Crippen molar-refractivity contribution in [2.24, 2.45) is 4.99 Å². The van der Waals surface area contributed by atoms with Gasteiger partial charge in [-0.3, -0.25) is 9.89 Å². The maximum atomic E-state index is 13.4. The Morgan fingerprint density at radius 1 is 1.07 bits per heavy atom. The van der Waals surface area contributed by atoms with Gasteiger partial charge in [-0.15, -0.1) is 0 Å². The lowest BCUT2D eigenvalue weighted by Gasteiger charge is -2.05. The van der Waals surface area contributed by atoms with Crippen LogP contribution in [0.25, 0.3) is 16.9 Å². The number of aromatic nitrogens is 3. The molecule has 0 spiro atoms. The van der Waals surface area contributed by atoms with Gasteiger partial charge in [0, 0.05) is 11.8 Å². The number of aliphatic imine (C=N–C) groups is 1. The van der Waals surface area contributed by atoms with E-state index >= 15 is 0 Å². The van der Waals surface area contributed by atoms with Gasteiger partial charge in [0.25, 0.3) is 5.56 Å². The largest absolute Gasteiger partial charge is 0.497 e. The van der Waals surface area contributed by atoms with Crippen LogP contribution < -0.4 is 10.3 Å². The van der Waals surface area contributed by atoms with Crippen LogP contribution in [0.1, 0.15) is 12.5 Å². The molecule has 30 heavy (non-hydrogen) atoms. The zero-order valence-corrected chi connectivity index (χ0v) is 16.5. The number of nitrogens with one attached hydrogen (secondary N) is 1. The summed E-state index contributed by atoms with van der Waals surface area (Å²) in [4.78, 5) is 22.0. The van der Waals surface area contributed by atoms with Crippen LogP contribution in [0, 0.1) is 5.82 Å². The van der Waals surface area contributed by atoms with Crippen LogP contribution in [0.15, 0.2) is 82.7 Å². The van der Waals surface area contributed by atoms with Gasteiger partial charge in [0.05, 0.1) is 29.8 Å². The summed E-state index contributed by atoms with van der Waals surface area (Å²) in [7, 11) is 1.59. The van der Waals surface area contributed by atoms with E-state index in [0.717, 1.165) is 5.56 Å². The molecule has 7 heteroatoms. The Morgan fingerprint density at radius 2 is 1.80 bits per heavy atom. The summed E-state index contributed by atoms with van der Waals surface area (Å²) in [5.74, 6) is 0.839. The molecule has 0 fully saturated rings. The van der Waals surface area contributed by atoms with Gasteiger partial charge in [-0.25, -0.2) is 19.0 Å². The third-order valence-corrected chi connectivity index (χ3v) is 4.65. The Hall–Kier alpha value is -4.00. The molecule has 0 aliphatic rings. The van der Waals surface area contributed by atoms with Crippen LogP contribution in [-0.2, 0) is 0 Å². The Balaban J connectivity index is 1.90. The third-order valence-electron chi connectivity index (χ3n) is 4.65. The minimum absolute atomic E-state index is 0.287. The number of hydrogen-bond donors (Lipinski definition) is 1. The lowest BCUT2D eigenvalue weighted by molar-refractivity contribution is 0.415. The zero-order valence-electron chi connectivity index (χ0n) is 16.5. The van der Waals surface area contributed by atoms with Crippen molar-refractivity contribution < 1.29 is 9.13 Å². The van der Waals surface area contributed by atoms with E-state index in [1.54, 1.807) is 44.5 Å². The normalized spacial score (nSPS) is 11.5. The molecule has 2 heterocycles. The molecule has 0 amide bonds. The highest BCUT2D eigenvalue weighted by Gasteiger charge is 2.19. The number of halogens is 1. The molecule has 0 radical (unpaired) electrons. The van der Waals surface area contributed by atoms with E-state index < -0.39 is 0 Å². The maximum Gasteiger partial charge on any atom is 0.280 e. The molecular formula is C23H19FN4O2. The third kappa shape index (κ3) is 3.77. The number of rotatable bonds is 5. The summed E-state index contributed by atoms with van der Waals surface area (Å²) in [5, 5.41) is 3.15. The second kappa shape index (κ2) is 8.16. The molecule has 150 valence electrons. The van der Waals surface area contributed by atoms with Gasteiger partial charge in [0.15, 0.2) is 5.82 Å². The molecule has 4 aromatic rings. The summed E-state index contributed by atoms with van der Waals surface area (Å²) >= 11 is 0. The van der Waals surface area contributed by atoms with Crippen molar-refractivity contribution in [2.75, 3.05) is 7.11 Å². The van der Waals surface area contributed by atoms with Gasteiger partial charge in [-0.2, -0.15) is 0 Å². The summed E-state index contributed by atoms with van der Waals surface area (Å²) in [6.07, 6.45) is 1.64. The van der Waals surface area contributed by atoms with Crippen LogP contribution in [0.4, 0.5) is 10.2 Å².